The Morgan fingerprint density at radius 2 is 2.16 bits per heavy atom. The summed E-state index contributed by atoms with van der Waals surface area (Å²) in [6, 6.07) is 7.13. The Bertz CT molecular complexity index is 621. The Kier molecular flexibility index (Phi) is 4.13. The highest BCUT2D eigenvalue weighted by Gasteiger charge is 2.16. The fraction of sp³-hybridized carbons (Fsp3) is 0.0909. The minimum absolute atomic E-state index is 0.0563. The SMILES string of the molecule is O=[N+]([O-])c1cnc(Cl)nc1NCc1cccc(Cl)c1. The minimum Gasteiger partial charge on any atom is -0.360 e. The number of halogens is 2. The molecule has 0 radical (unpaired) electrons. The average Bonchev–Trinajstić information content (AvgIpc) is 2.36. The number of anilines is 1. The van der Waals surface area contributed by atoms with E-state index < -0.39 is 4.92 Å². The first-order valence-corrected chi connectivity index (χ1v) is 5.97. The Morgan fingerprint density at radius 1 is 1.37 bits per heavy atom. The van der Waals surface area contributed by atoms with E-state index >= 15 is 0 Å². The zero-order valence-electron chi connectivity index (χ0n) is 9.51. The van der Waals surface area contributed by atoms with Crippen molar-refractivity contribution in [3.05, 3.63) is 56.4 Å². The lowest BCUT2D eigenvalue weighted by molar-refractivity contribution is -0.384. The summed E-state index contributed by atoms with van der Waals surface area (Å²) in [6.07, 6.45) is 1.07. The maximum Gasteiger partial charge on any atom is 0.329 e. The lowest BCUT2D eigenvalue weighted by Crippen LogP contribution is -2.05. The van der Waals surface area contributed by atoms with Crippen LogP contribution >= 0.6 is 23.2 Å². The van der Waals surface area contributed by atoms with Crippen LogP contribution in [0.1, 0.15) is 5.56 Å². The molecule has 1 N–H and O–H groups in total. The van der Waals surface area contributed by atoms with Crippen molar-refractivity contribution in [1.82, 2.24) is 9.97 Å². The first-order valence-electron chi connectivity index (χ1n) is 5.21. The number of hydrogen-bond donors (Lipinski definition) is 1. The van der Waals surface area contributed by atoms with Crippen LogP contribution in [0.5, 0.6) is 0 Å². The molecule has 1 aromatic carbocycles. The summed E-state index contributed by atoms with van der Waals surface area (Å²) in [5.41, 5.74) is 0.642. The standard InChI is InChI=1S/C11H8Cl2N4O2/c12-8-3-1-2-7(4-8)5-14-10-9(17(18)19)6-15-11(13)16-10/h1-4,6H,5H2,(H,14,15,16). The van der Waals surface area contributed by atoms with Crippen LogP contribution in [0.15, 0.2) is 30.5 Å². The second-order valence-electron chi connectivity index (χ2n) is 3.61. The van der Waals surface area contributed by atoms with Crippen molar-refractivity contribution in [3.63, 3.8) is 0 Å². The quantitative estimate of drug-likeness (QED) is 0.532. The molecular weight excluding hydrogens is 291 g/mol. The van der Waals surface area contributed by atoms with Gasteiger partial charge in [-0.15, -0.1) is 0 Å². The van der Waals surface area contributed by atoms with Gasteiger partial charge in [-0.25, -0.2) is 4.98 Å². The van der Waals surface area contributed by atoms with Gasteiger partial charge in [0, 0.05) is 11.6 Å². The maximum atomic E-state index is 10.8. The predicted molar refractivity (Wildman–Crippen MR) is 72.5 cm³/mol. The largest absolute Gasteiger partial charge is 0.360 e. The van der Waals surface area contributed by atoms with E-state index in [0.717, 1.165) is 11.8 Å². The van der Waals surface area contributed by atoms with Gasteiger partial charge >= 0.3 is 5.69 Å². The molecule has 0 saturated carbocycles. The topological polar surface area (TPSA) is 81.0 Å². The van der Waals surface area contributed by atoms with Crippen LogP contribution in [0.25, 0.3) is 0 Å². The number of nitrogens with zero attached hydrogens (tertiary/aromatic N) is 3. The van der Waals surface area contributed by atoms with Gasteiger partial charge in [-0.3, -0.25) is 10.1 Å². The predicted octanol–water partition coefficient (Wildman–Crippen LogP) is 3.30. The smallest absolute Gasteiger partial charge is 0.329 e. The van der Waals surface area contributed by atoms with E-state index in [2.05, 4.69) is 15.3 Å². The van der Waals surface area contributed by atoms with Crippen molar-refractivity contribution in [3.8, 4) is 0 Å². The molecule has 0 bridgehead atoms. The molecule has 0 aliphatic rings. The molecule has 0 amide bonds. The highest BCUT2D eigenvalue weighted by molar-refractivity contribution is 6.30. The van der Waals surface area contributed by atoms with E-state index in [4.69, 9.17) is 23.2 Å². The van der Waals surface area contributed by atoms with E-state index in [-0.39, 0.29) is 16.8 Å². The molecule has 2 rings (SSSR count). The molecule has 1 aromatic heterocycles. The molecule has 0 spiro atoms. The van der Waals surface area contributed by atoms with E-state index in [1.807, 2.05) is 6.07 Å². The first-order chi connectivity index (χ1) is 9.06. The van der Waals surface area contributed by atoms with Crippen molar-refractivity contribution < 1.29 is 4.92 Å². The Hall–Kier alpha value is -1.92. The van der Waals surface area contributed by atoms with Gasteiger partial charge in [0.2, 0.25) is 11.1 Å². The molecule has 8 heteroatoms. The van der Waals surface area contributed by atoms with Gasteiger partial charge in [-0.1, -0.05) is 23.7 Å². The van der Waals surface area contributed by atoms with Crippen LogP contribution in [-0.2, 0) is 6.54 Å². The summed E-state index contributed by atoms with van der Waals surface area (Å²) < 4.78 is 0. The molecule has 98 valence electrons. The zero-order valence-corrected chi connectivity index (χ0v) is 11.0. The molecular formula is C11H8Cl2N4O2. The Labute approximate surface area is 118 Å². The fourth-order valence-electron chi connectivity index (χ4n) is 1.45. The summed E-state index contributed by atoms with van der Waals surface area (Å²) >= 11 is 11.5. The van der Waals surface area contributed by atoms with E-state index in [1.165, 1.54) is 0 Å². The molecule has 2 aromatic rings. The minimum atomic E-state index is -0.573. The molecule has 0 aliphatic carbocycles. The third kappa shape index (κ3) is 3.52. The molecule has 1 heterocycles. The molecule has 0 saturated heterocycles. The Morgan fingerprint density at radius 3 is 2.84 bits per heavy atom. The third-order valence-corrected chi connectivity index (χ3v) is 2.70. The third-order valence-electron chi connectivity index (χ3n) is 2.29. The average molecular weight is 299 g/mol. The van der Waals surface area contributed by atoms with Crippen molar-refractivity contribution >= 4 is 34.7 Å². The fourth-order valence-corrected chi connectivity index (χ4v) is 1.80. The summed E-state index contributed by atoms with van der Waals surface area (Å²) in [5, 5.41) is 14.2. The van der Waals surface area contributed by atoms with E-state index in [0.29, 0.717) is 11.6 Å². The van der Waals surface area contributed by atoms with Crippen LogP contribution in [-0.4, -0.2) is 14.9 Å². The monoisotopic (exact) mass is 298 g/mol. The number of hydrogen-bond acceptors (Lipinski definition) is 5. The van der Waals surface area contributed by atoms with E-state index in [9.17, 15) is 10.1 Å². The number of nitrogens with one attached hydrogen (secondary N) is 1. The summed E-state index contributed by atoms with van der Waals surface area (Å²) in [5.74, 6) is 0.0741. The zero-order chi connectivity index (χ0) is 13.8. The van der Waals surface area contributed by atoms with Crippen LogP contribution in [0.4, 0.5) is 11.5 Å². The second-order valence-corrected chi connectivity index (χ2v) is 4.39. The van der Waals surface area contributed by atoms with Crippen LogP contribution in [0.3, 0.4) is 0 Å². The van der Waals surface area contributed by atoms with Gasteiger partial charge in [-0.05, 0) is 29.3 Å². The van der Waals surface area contributed by atoms with Gasteiger partial charge in [0.05, 0.1) is 4.92 Å². The van der Waals surface area contributed by atoms with Gasteiger partial charge in [-0.2, -0.15) is 4.98 Å². The van der Waals surface area contributed by atoms with Crippen LogP contribution in [0, 0.1) is 10.1 Å². The van der Waals surface area contributed by atoms with E-state index in [1.54, 1.807) is 18.2 Å². The van der Waals surface area contributed by atoms with Crippen LogP contribution in [0.2, 0.25) is 10.3 Å². The van der Waals surface area contributed by atoms with Gasteiger partial charge in [0.25, 0.3) is 0 Å². The Balaban J connectivity index is 2.19. The molecule has 0 aliphatic heterocycles. The molecule has 0 atom stereocenters. The molecule has 6 nitrogen and oxygen atoms in total. The highest BCUT2D eigenvalue weighted by Crippen LogP contribution is 2.22. The number of rotatable bonds is 4. The van der Waals surface area contributed by atoms with Crippen molar-refractivity contribution in [2.75, 3.05) is 5.32 Å². The lowest BCUT2D eigenvalue weighted by atomic mass is 10.2. The number of benzene rings is 1. The first kappa shape index (κ1) is 13.5. The number of nitro groups is 1. The van der Waals surface area contributed by atoms with Crippen molar-refractivity contribution in [2.45, 2.75) is 6.54 Å². The summed E-state index contributed by atoms with van der Waals surface area (Å²) in [4.78, 5) is 17.6. The van der Waals surface area contributed by atoms with Crippen LogP contribution < -0.4 is 5.32 Å². The molecule has 0 unspecified atom stereocenters. The maximum absolute atomic E-state index is 10.8. The van der Waals surface area contributed by atoms with Crippen molar-refractivity contribution in [2.24, 2.45) is 0 Å². The van der Waals surface area contributed by atoms with Gasteiger partial charge in [0.15, 0.2) is 0 Å². The second kappa shape index (κ2) is 5.81. The highest BCUT2D eigenvalue weighted by atomic mass is 35.5. The van der Waals surface area contributed by atoms with Gasteiger partial charge in [0.1, 0.15) is 6.20 Å². The summed E-state index contributed by atoms with van der Waals surface area (Å²) in [7, 11) is 0. The lowest BCUT2D eigenvalue weighted by Gasteiger charge is -2.06. The normalized spacial score (nSPS) is 10.2. The van der Waals surface area contributed by atoms with Crippen molar-refractivity contribution in [1.29, 1.82) is 0 Å². The van der Waals surface area contributed by atoms with Gasteiger partial charge < -0.3 is 5.32 Å². The number of aromatic nitrogens is 2. The molecule has 19 heavy (non-hydrogen) atoms. The molecule has 0 fully saturated rings. The summed E-state index contributed by atoms with van der Waals surface area (Å²) in [6.45, 7) is 0.342.